The highest BCUT2D eigenvalue weighted by Crippen LogP contribution is 2.18. The zero-order valence-corrected chi connectivity index (χ0v) is 12.9. The van der Waals surface area contributed by atoms with Crippen LogP contribution in [-0.4, -0.2) is 12.5 Å². The van der Waals surface area contributed by atoms with E-state index in [4.69, 9.17) is 4.74 Å². The summed E-state index contributed by atoms with van der Waals surface area (Å²) in [6.45, 7) is 4.52. The van der Waals surface area contributed by atoms with Crippen molar-refractivity contribution >= 4 is 5.91 Å². The summed E-state index contributed by atoms with van der Waals surface area (Å²) in [5, 5.41) is 2.83. The molecule has 3 nitrogen and oxygen atoms in total. The average Bonchev–Trinajstić information content (AvgIpc) is 2.56. The predicted octanol–water partition coefficient (Wildman–Crippen LogP) is 4.00. The quantitative estimate of drug-likeness (QED) is 0.748. The molecule has 2 aromatic rings. The van der Waals surface area contributed by atoms with Crippen molar-refractivity contribution in [1.82, 2.24) is 5.32 Å². The topological polar surface area (TPSA) is 38.3 Å². The Bertz CT molecular complexity index is 581. The Hall–Kier alpha value is -2.29. The Morgan fingerprint density at radius 3 is 2.59 bits per heavy atom. The van der Waals surface area contributed by atoms with E-state index in [-0.39, 0.29) is 5.91 Å². The third kappa shape index (κ3) is 4.92. The van der Waals surface area contributed by atoms with Crippen molar-refractivity contribution in [3.05, 3.63) is 72.3 Å². The molecule has 0 saturated heterocycles. The molecule has 0 aromatic heterocycles. The summed E-state index contributed by atoms with van der Waals surface area (Å²) >= 11 is 0. The monoisotopic (exact) mass is 296 g/mol. The first kappa shape index (κ1) is 16.1. The van der Waals surface area contributed by atoms with Gasteiger partial charge in [-0.3, -0.25) is 4.79 Å². The third-order valence-electron chi connectivity index (χ3n) is 3.30. The molecule has 22 heavy (non-hydrogen) atoms. The standard InChI is InChI=1S/C19H22NO2/c1-2-3-15-22-18-12-8-7-11-17(18)19(21)20-14-13-16-9-5-4-6-10-16/h4-12,14H,2-3,13,15H2,1H3,(H,20,21). The van der Waals surface area contributed by atoms with E-state index in [9.17, 15) is 4.79 Å². The van der Waals surface area contributed by atoms with Gasteiger partial charge in [0.1, 0.15) is 5.75 Å². The maximum Gasteiger partial charge on any atom is 0.255 e. The first-order chi connectivity index (χ1) is 10.8. The molecule has 0 spiro atoms. The van der Waals surface area contributed by atoms with E-state index in [0.29, 0.717) is 24.3 Å². The molecule has 115 valence electrons. The molecule has 1 radical (unpaired) electrons. The number of ether oxygens (including phenoxy) is 1. The van der Waals surface area contributed by atoms with Crippen molar-refractivity contribution in [2.24, 2.45) is 0 Å². The van der Waals surface area contributed by atoms with E-state index >= 15 is 0 Å². The largest absolute Gasteiger partial charge is 0.493 e. The molecule has 1 N–H and O–H groups in total. The Balaban J connectivity index is 1.89. The molecule has 0 aliphatic carbocycles. The van der Waals surface area contributed by atoms with Crippen LogP contribution < -0.4 is 10.1 Å². The maximum absolute atomic E-state index is 12.3. The van der Waals surface area contributed by atoms with Gasteiger partial charge in [0.15, 0.2) is 0 Å². The van der Waals surface area contributed by atoms with Gasteiger partial charge >= 0.3 is 0 Å². The van der Waals surface area contributed by atoms with E-state index in [1.54, 1.807) is 12.6 Å². The molecule has 0 atom stereocenters. The summed E-state index contributed by atoms with van der Waals surface area (Å²) in [7, 11) is 0. The number of para-hydroxylation sites is 1. The van der Waals surface area contributed by atoms with E-state index in [2.05, 4.69) is 12.2 Å². The van der Waals surface area contributed by atoms with Gasteiger partial charge < -0.3 is 10.1 Å². The lowest BCUT2D eigenvalue weighted by Gasteiger charge is -2.11. The van der Waals surface area contributed by atoms with Crippen LogP contribution in [-0.2, 0) is 6.42 Å². The van der Waals surface area contributed by atoms with Crippen molar-refractivity contribution in [2.75, 3.05) is 6.61 Å². The second-order valence-corrected chi connectivity index (χ2v) is 5.07. The average molecular weight is 296 g/mol. The zero-order valence-electron chi connectivity index (χ0n) is 12.9. The minimum atomic E-state index is -0.136. The number of nitrogens with one attached hydrogen (secondary N) is 1. The van der Waals surface area contributed by atoms with Crippen molar-refractivity contribution in [2.45, 2.75) is 26.2 Å². The molecule has 0 aliphatic heterocycles. The van der Waals surface area contributed by atoms with Crippen molar-refractivity contribution in [3.63, 3.8) is 0 Å². The maximum atomic E-state index is 12.3. The second-order valence-electron chi connectivity index (χ2n) is 5.07. The second kappa shape index (κ2) is 8.88. The van der Waals surface area contributed by atoms with Crippen LogP contribution in [0.1, 0.15) is 35.7 Å². The van der Waals surface area contributed by atoms with Gasteiger partial charge in [-0.25, -0.2) is 0 Å². The Kier molecular flexibility index (Phi) is 6.49. The van der Waals surface area contributed by atoms with Crippen LogP contribution in [0.25, 0.3) is 0 Å². The van der Waals surface area contributed by atoms with E-state index in [1.807, 2.05) is 48.5 Å². The fourth-order valence-corrected chi connectivity index (χ4v) is 2.06. The van der Waals surface area contributed by atoms with Gasteiger partial charge in [-0.05, 0) is 30.5 Å². The molecule has 0 saturated carbocycles. The molecule has 0 aliphatic rings. The molecule has 0 fully saturated rings. The van der Waals surface area contributed by atoms with Gasteiger partial charge in [0, 0.05) is 0 Å². The van der Waals surface area contributed by atoms with Crippen molar-refractivity contribution in [1.29, 1.82) is 0 Å². The molecular weight excluding hydrogens is 274 g/mol. The van der Waals surface area contributed by atoms with Gasteiger partial charge in [-0.2, -0.15) is 0 Å². The number of carbonyl (C=O) groups is 1. The fraction of sp³-hybridized carbons (Fsp3) is 0.263. The van der Waals surface area contributed by atoms with Crippen LogP contribution in [0.4, 0.5) is 0 Å². The van der Waals surface area contributed by atoms with Crippen LogP contribution >= 0.6 is 0 Å². The molecule has 0 heterocycles. The van der Waals surface area contributed by atoms with E-state index in [1.165, 1.54) is 0 Å². The molecule has 0 bridgehead atoms. The first-order valence-electron chi connectivity index (χ1n) is 7.69. The van der Waals surface area contributed by atoms with Crippen LogP contribution in [0.3, 0.4) is 0 Å². The zero-order chi connectivity index (χ0) is 15.6. The van der Waals surface area contributed by atoms with Gasteiger partial charge in [0.2, 0.25) is 0 Å². The van der Waals surface area contributed by atoms with Gasteiger partial charge in [-0.15, -0.1) is 0 Å². The summed E-state index contributed by atoms with van der Waals surface area (Å²) in [4.78, 5) is 12.3. The fourth-order valence-electron chi connectivity index (χ4n) is 2.06. The number of unbranched alkanes of at least 4 members (excludes halogenated alkanes) is 1. The smallest absolute Gasteiger partial charge is 0.255 e. The number of benzene rings is 2. The summed E-state index contributed by atoms with van der Waals surface area (Å²) in [5.41, 5.74) is 1.73. The SMILES string of the molecule is CCCCOc1ccccc1C(=O)N[CH]Cc1ccccc1. The van der Waals surface area contributed by atoms with Crippen LogP contribution in [0.15, 0.2) is 54.6 Å². The normalized spacial score (nSPS) is 10.2. The van der Waals surface area contributed by atoms with Gasteiger partial charge in [0.25, 0.3) is 5.91 Å². The number of rotatable bonds is 8. The highest BCUT2D eigenvalue weighted by molar-refractivity contribution is 5.97. The highest BCUT2D eigenvalue weighted by Gasteiger charge is 2.11. The molecule has 3 heteroatoms. The number of hydrogen-bond acceptors (Lipinski definition) is 2. The lowest BCUT2D eigenvalue weighted by atomic mass is 10.1. The number of amides is 1. The Morgan fingerprint density at radius 1 is 1.09 bits per heavy atom. The van der Waals surface area contributed by atoms with Crippen molar-refractivity contribution in [3.8, 4) is 5.75 Å². The molecular formula is C19H22NO2. The van der Waals surface area contributed by atoms with Gasteiger partial charge in [-0.1, -0.05) is 55.8 Å². The van der Waals surface area contributed by atoms with Crippen LogP contribution in [0.2, 0.25) is 0 Å². The highest BCUT2D eigenvalue weighted by atomic mass is 16.5. The summed E-state index contributed by atoms with van der Waals surface area (Å²) < 4.78 is 5.69. The summed E-state index contributed by atoms with van der Waals surface area (Å²) in [6, 6.07) is 17.4. The Morgan fingerprint density at radius 2 is 1.82 bits per heavy atom. The summed E-state index contributed by atoms with van der Waals surface area (Å²) in [6.07, 6.45) is 2.75. The minimum Gasteiger partial charge on any atom is -0.493 e. The molecule has 2 rings (SSSR count). The van der Waals surface area contributed by atoms with Crippen LogP contribution in [0.5, 0.6) is 5.75 Å². The van der Waals surface area contributed by atoms with E-state index in [0.717, 1.165) is 18.4 Å². The minimum absolute atomic E-state index is 0.136. The first-order valence-corrected chi connectivity index (χ1v) is 7.69. The lowest BCUT2D eigenvalue weighted by Crippen LogP contribution is -2.22. The Labute approximate surface area is 132 Å². The summed E-state index contributed by atoms with van der Waals surface area (Å²) in [5.74, 6) is 0.504. The lowest BCUT2D eigenvalue weighted by molar-refractivity contribution is 0.0959. The third-order valence-corrected chi connectivity index (χ3v) is 3.30. The van der Waals surface area contributed by atoms with E-state index < -0.39 is 0 Å². The number of carbonyl (C=O) groups excluding carboxylic acids is 1. The predicted molar refractivity (Wildman–Crippen MR) is 88.8 cm³/mol. The van der Waals surface area contributed by atoms with Crippen LogP contribution in [0, 0.1) is 6.54 Å². The van der Waals surface area contributed by atoms with Crippen molar-refractivity contribution < 1.29 is 9.53 Å². The number of hydrogen-bond donors (Lipinski definition) is 1. The molecule has 1 amide bonds. The molecule has 2 aromatic carbocycles. The molecule has 0 unspecified atom stereocenters. The van der Waals surface area contributed by atoms with Gasteiger partial charge in [0.05, 0.1) is 18.7 Å².